The fourth-order valence-corrected chi connectivity index (χ4v) is 3.81. The standard InChI is InChI=1S/C16H17FN2/c17-16(8-12-4-5-13(9-16)19-12)15-3-1-2-11-6-7-18-10-14(11)15/h1-3,6-7,10,12-13,19H,4-5,8-9H2. The van der Waals surface area contributed by atoms with E-state index in [9.17, 15) is 0 Å². The van der Waals surface area contributed by atoms with Crippen molar-refractivity contribution in [3.63, 3.8) is 0 Å². The van der Waals surface area contributed by atoms with Gasteiger partial charge in [0.1, 0.15) is 5.67 Å². The number of halogens is 1. The van der Waals surface area contributed by atoms with Gasteiger partial charge in [-0.2, -0.15) is 0 Å². The molecule has 2 atom stereocenters. The molecule has 2 nitrogen and oxygen atoms in total. The highest BCUT2D eigenvalue weighted by molar-refractivity contribution is 5.85. The van der Waals surface area contributed by atoms with Crippen LogP contribution in [0.15, 0.2) is 36.7 Å². The second-order valence-electron chi connectivity index (χ2n) is 5.91. The number of nitrogens with zero attached hydrogens (tertiary/aromatic N) is 1. The van der Waals surface area contributed by atoms with Gasteiger partial charge in [0.15, 0.2) is 0 Å². The van der Waals surface area contributed by atoms with Crippen molar-refractivity contribution in [3.8, 4) is 0 Å². The van der Waals surface area contributed by atoms with Crippen LogP contribution in [-0.2, 0) is 5.67 Å². The summed E-state index contributed by atoms with van der Waals surface area (Å²) in [6.45, 7) is 0. The molecule has 19 heavy (non-hydrogen) atoms. The molecule has 2 aromatic rings. The van der Waals surface area contributed by atoms with E-state index in [0.717, 1.165) is 29.2 Å². The van der Waals surface area contributed by atoms with Gasteiger partial charge in [0.05, 0.1) is 0 Å². The normalized spacial score (nSPS) is 33.7. The predicted molar refractivity (Wildman–Crippen MR) is 73.7 cm³/mol. The Morgan fingerprint density at radius 3 is 2.74 bits per heavy atom. The van der Waals surface area contributed by atoms with Gasteiger partial charge in [-0.1, -0.05) is 18.2 Å². The van der Waals surface area contributed by atoms with E-state index in [0.29, 0.717) is 24.9 Å². The van der Waals surface area contributed by atoms with Gasteiger partial charge in [0, 0.05) is 42.7 Å². The summed E-state index contributed by atoms with van der Waals surface area (Å²) in [6.07, 6.45) is 6.98. The van der Waals surface area contributed by atoms with Crippen molar-refractivity contribution >= 4 is 10.8 Å². The van der Waals surface area contributed by atoms with Crippen LogP contribution in [-0.4, -0.2) is 17.1 Å². The number of pyridine rings is 1. The van der Waals surface area contributed by atoms with E-state index in [-0.39, 0.29) is 0 Å². The Morgan fingerprint density at radius 1 is 1.16 bits per heavy atom. The van der Waals surface area contributed by atoms with Crippen molar-refractivity contribution in [3.05, 3.63) is 42.2 Å². The van der Waals surface area contributed by atoms with Crippen LogP contribution in [0.5, 0.6) is 0 Å². The van der Waals surface area contributed by atoms with E-state index in [4.69, 9.17) is 0 Å². The van der Waals surface area contributed by atoms with Gasteiger partial charge in [-0.05, 0) is 29.9 Å². The molecule has 1 aromatic carbocycles. The first-order valence-corrected chi connectivity index (χ1v) is 7.03. The number of piperidine rings is 1. The first-order valence-electron chi connectivity index (χ1n) is 7.03. The van der Waals surface area contributed by atoms with Crippen molar-refractivity contribution < 1.29 is 4.39 Å². The summed E-state index contributed by atoms with van der Waals surface area (Å²) < 4.78 is 15.5. The smallest absolute Gasteiger partial charge is 0.139 e. The van der Waals surface area contributed by atoms with Crippen molar-refractivity contribution in [2.45, 2.75) is 43.4 Å². The van der Waals surface area contributed by atoms with E-state index in [2.05, 4.69) is 10.3 Å². The van der Waals surface area contributed by atoms with E-state index in [1.807, 2.05) is 24.3 Å². The highest BCUT2D eigenvalue weighted by Gasteiger charge is 2.45. The molecular formula is C16H17FN2. The predicted octanol–water partition coefficient (Wildman–Crippen LogP) is 3.31. The Bertz CT molecular complexity index is 608. The highest BCUT2D eigenvalue weighted by Crippen LogP contribution is 2.45. The maximum absolute atomic E-state index is 15.5. The summed E-state index contributed by atoms with van der Waals surface area (Å²) in [6, 6.07) is 8.57. The second kappa shape index (κ2) is 4.01. The average molecular weight is 256 g/mol. The van der Waals surface area contributed by atoms with E-state index in [1.165, 1.54) is 0 Å². The van der Waals surface area contributed by atoms with Crippen LogP contribution in [0.3, 0.4) is 0 Å². The highest BCUT2D eigenvalue weighted by atomic mass is 19.1. The van der Waals surface area contributed by atoms with Crippen molar-refractivity contribution in [1.29, 1.82) is 0 Å². The molecule has 2 aliphatic heterocycles. The zero-order valence-electron chi connectivity index (χ0n) is 10.8. The fraction of sp³-hybridized carbons (Fsp3) is 0.438. The first-order chi connectivity index (χ1) is 9.24. The van der Waals surface area contributed by atoms with Crippen LogP contribution in [0, 0.1) is 0 Å². The molecule has 2 fully saturated rings. The largest absolute Gasteiger partial charge is 0.311 e. The number of rotatable bonds is 1. The van der Waals surface area contributed by atoms with E-state index >= 15 is 4.39 Å². The lowest BCUT2D eigenvalue weighted by Crippen LogP contribution is -2.44. The summed E-state index contributed by atoms with van der Waals surface area (Å²) in [5, 5.41) is 5.55. The van der Waals surface area contributed by atoms with E-state index in [1.54, 1.807) is 12.4 Å². The summed E-state index contributed by atoms with van der Waals surface area (Å²) in [5.74, 6) is 0. The van der Waals surface area contributed by atoms with Crippen LogP contribution in [0.1, 0.15) is 31.2 Å². The summed E-state index contributed by atoms with van der Waals surface area (Å²) in [4.78, 5) is 4.17. The van der Waals surface area contributed by atoms with Crippen molar-refractivity contribution in [2.75, 3.05) is 0 Å². The second-order valence-corrected chi connectivity index (χ2v) is 5.91. The number of hydrogen-bond donors (Lipinski definition) is 1. The summed E-state index contributed by atoms with van der Waals surface area (Å²) in [5.41, 5.74) is -0.365. The molecule has 0 radical (unpaired) electrons. The number of nitrogens with one attached hydrogen (secondary N) is 1. The lowest BCUT2D eigenvalue weighted by Gasteiger charge is -2.36. The third kappa shape index (κ3) is 1.76. The first kappa shape index (κ1) is 11.4. The molecular weight excluding hydrogens is 239 g/mol. The summed E-state index contributed by atoms with van der Waals surface area (Å²) in [7, 11) is 0. The maximum Gasteiger partial charge on any atom is 0.139 e. The molecule has 2 aliphatic rings. The third-order valence-electron chi connectivity index (χ3n) is 4.64. The Kier molecular flexibility index (Phi) is 2.39. The Labute approximate surface area is 112 Å². The number of alkyl halides is 1. The molecule has 3 heterocycles. The van der Waals surface area contributed by atoms with Crippen LogP contribution in [0.2, 0.25) is 0 Å². The molecule has 3 heteroatoms. The average Bonchev–Trinajstić information content (AvgIpc) is 2.78. The molecule has 2 saturated heterocycles. The molecule has 0 amide bonds. The van der Waals surface area contributed by atoms with Gasteiger partial charge < -0.3 is 5.32 Å². The SMILES string of the molecule is FC1(c2cccc3ccncc23)CC2CCC(C1)N2. The van der Waals surface area contributed by atoms with Crippen molar-refractivity contribution in [2.24, 2.45) is 0 Å². The zero-order chi connectivity index (χ0) is 12.9. The molecule has 1 N–H and O–H groups in total. The molecule has 2 bridgehead atoms. The zero-order valence-corrected chi connectivity index (χ0v) is 10.8. The van der Waals surface area contributed by atoms with Gasteiger partial charge in [0.2, 0.25) is 0 Å². The fourth-order valence-electron chi connectivity index (χ4n) is 3.81. The number of fused-ring (bicyclic) bond motifs is 3. The quantitative estimate of drug-likeness (QED) is 0.846. The Balaban J connectivity index is 1.85. The maximum atomic E-state index is 15.5. The minimum absolute atomic E-state index is 0.343. The van der Waals surface area contributed by atoms with Gasteiger partial charge in [-0.3, -0.25) is 4.98 Å². The molecule has 0 spiro atoms. The lowest BCUT2D eigenvalue weighted by atomic mass is 9.81. The van der Waals surface area contributed by atoms with Crippen molar-refractivity contribution in [1.82, 2.24) is 10.3 Å². The third-order valence-corrected chi connectivity index (χ3v) is 4.64. The number of hydrogen-bond acceptors (Lipinski definition) is 2. The molecule has 1 aromatic heterocycles. The molecule has 98 valence electrons. The van der Waals surface area contributed by atoms with Gasteiger partial charge in [0.25, 0.3) is 0 Å². The molecule has 0 aliphatic carbocycles. The molecule has 0 saturated carbocycles. The lowest BCUT2D eigenvalue weighted by molar-refractivity contribution is 0.0889. The summed E-state index contributed by atoms with van der Waals surface area (Å²) >= 11 is 0. The Morgan fingerprint density at radius 2 is 1.95 bits per heavy atom. The number of benzene rings is 1. The Hall–Kier alpha value is -1.48. The minimum atomic E-state index is -1.19. The van der Waals surface area contributed by atoms with Crippen LogP contribution in [0.4, 0.5) is 4.39 Å². The van der Waals surface area contributed by atoms with E-state index < -0.39 is 5.67 Å². The van der Waals surface area contributed by atoms with Crippen LogP contribution >= 0.6 is 0 Å². The van der Waals surface area contributed by atoms with Gasteiger partial charge >= 0.3 is 0 Å². The topological polar surface area (TPSA) is 24.9 Å². The monoisotopic (exact) mass is 256 g/mol. The minimum Gasteiger partial charge on any atom is -0.311 e. The van der Waals surface area contributed by atoms with Gasteiger partial charge in [-0.15, -0.1) is 0 Å². The molecule has 4 rings (SSSR count). The van der Waals surface area contributed by atoms with Gasteiger partial charge in [-0.25, -0.2) is 4.39 Å². The number of aromatic nitrogens is 1. The van der Waals surface area contributed by atoms with Crippen LogP contribution < -0.4 is 5.32 Å². The van der Waals surface area contributed by atoms with Crippen LogP contribution in [0.25, 0.3) is 10.8 Å². The molecule has 2 unspecified atom stereocenters.